The van der Waals surface area contributed by atoms with Gasteiger partial charge in [-0.15, -0.1) is 0 Å². The zero-order valence-electron chi connectivity index (χ0n) is 11.5. The Labute approximate surface area is 114 Å². The van der Waals surface area contributed by atoms with Crippen LogP contribution in [0, 0.1) is 12.8 Å². The van der Waals surface area contributed by atoms with Crippen LogP contribution in [-0.4, -0.2) is 36.0 Å². The fourth-order valence-electron chi connectivity index (χ4n) is 2.56. The molecule has 1 aliphatic rings. The molecule has 0 bridgehead atoms. The Bertz CT molecular complexity index is 530. The summed E-state index contributed by atoms with van der Waals surface area (Å²) < 4.78 is 26.7. The number of nitrogens with two attached hydrogens (primary N) is 1. The van der Waals surface area contributed by atoms with Crippen LogP contribution in [-0.2, 0) is 16.6 Å². The summed E-state index contributed by atoms with van der Waals surface area (Å²) in [6.45, 7) is 5.28. The number of nitrogens with zero attached hydrogens (tertiary/aromatic N) is 2. The SMILES string of the molecule is CCC1CCN(S(=O)(=O)c2n[nH]c(C)c2CN)CC1. The van der Waals surface area contributed by atoms with Crippen molar-refractivity contribution in [2.24, 2.45) is 11.7 Å². The van der Waals surface area contributed by atoms with Crippen molar-refractivity contribution in [3.05, 3.63) is 11.3 Å². The largest absolute Gasteiger partial charge is 0.326 e. The standard InChI is InChI=1S/C12H22N4O2S/c1-3-10-4-6-16(7-5-10)19(17,18)12-11(8-13)9(2)14-15-12/h10H,3-8,13H2,1-2H3,(H,14,15). The smallest absolute Gasteiger partial charge is 0.262 e. The average molecular weight is 286 g/mol. The van der Waals surface area contributed by atoms with E-state index in [1.807, 2.05) is 0 Å². The topological polar surface area (TPSA) is 92.1 Å². The molecule has 6 nitrogen and oxygen atoms in total. The van der Waals surface area contributed by atoms with Gasteiger partial charge in [-0.05, 0) is 25.7 Å². The third-order valence-electron chi connectivity index (χ3n) is 3.98. The van der Waals surface area contributed by atoms with Gasteiger partial charge in [0.2, 0.25) is 0 Å². The molecule has 0 aliphatic carbocycles. The monoisotopic (exact) mass is 286 g/mol. The van der Waals surface area contributed by atoms with E-state index >= 15 is 0 Å². The molecule has 1 saturated heterocycles. The molecule has 0 amide bonds. The van der Waals surface area contributed by atoms with Gasteiger partial charge in [0.05, 0.1) is 0 Å². The second-order valence-electron chi connectivity index (χ2n) is 5.09. The average Bonchev–Trinajstić information content (AvgIpc) is 2.80. The summed E-state index contributed by atoms with van der Waals surface area (Å²) in [6, 6.07) is 0. The lowest BCUT2D eigenvalue weighted by atomic mass is 9.96. The Hall–Kier alpha value is -0.920. The van der Waals surface area contributed by atoms with Crippen LogP contribution in [0.15, 0.2) is 5.03 Å². The summed E-state index contributed by atoms with van der Waals surface area (Å²) in [5, 5.41) is 6.75. The zero-order chi connectivity index (χ0) is 14.0. The molecule has 1 aromatic rings. The van der Waals surface area contributed by atoms with Gasteiger partial charge in [0.25, 0.3) is 10.0 Å². The van der Waals surface area contributed by atoms with Crippen molar-refractivity contribution in [3.63, 3.8) is 0 Å². The summed E-state index contributed by atoms with van der Waals surface area (Å²) in [5.74, 6) is 0.640. The van der Waals surface area contributed by atoms with Crippen molar-refractivity contribution in [1.82, 2.24) is 14.5 Å². The molecule has 0 spiro atoms. The summed E-state index contributed by atoms with van der Waals surface area (Å²) in [6.07, 6.45) is 2.97. The highest BCUT2D eigenvalue weighted by Crippen LogP contribution is 2.26. The van der Waals surface area contributed by atoms with Gasteiger partial charge in [-0.2, -0.15) is 9.40 Å². The third kappa shape index (κ3) is 2.68. The molecule has 108 valence electrons. The van der Waals surface area contributed by atoms with Gasteiger partial charge in [-0.25, -0.2) is 8.42 Å². The van der Waals surface area contributed by atoms with Crippen LogP contribution in [0.2, 0.25) is 0 Å². The van der Waals surface area contributed by atoms with Crippen molar-refractivity contribution in [2.45, 2.75) is 44.7 Å². The van der Waals surface area contributed by atoms with Crippen LogP contribution in [0.25, 0.3) is 0 Å². The normalized spacial score (nSPS) is 18.9. The Morgan fingerprint density at radius 1 is 1.42 bits per heavy atom. The Morgan fingerprint density at radius 3 is 2.58 bits per heavy atom. The lowest BCUT2D eigenvalue weighted by molar-refractivity contribution is 0.268. The minimum absolute atomic E-state index is 0.0995. The molecule has 7 heteroatoms. The molecular formula is C12H22N4O2S. The number of aryl methyl sites for hydroxylation is 1. The Kier molecular flexibility index (Phi) is 4.27. The maximum atomic E-state index is 12.6. The molecular weight excluding hydrogens is 264 g/mol. The van der Waals surface area contributed by atoms with Crippen molar-refractivity contribution < 1.29 is 8.42 Å². The fraction of sp³-hybridized carbons (Fsp3) is 0.750. The van der Waals surface area contributed by atoms with Crippen LogP contribution in [0.1, 0.15) is 37.4 Å². The number of nitrogens with one attached hydrogen (secondary N) is 1. The molecule has 1 aliphatic heterocycles. The Morgan fingerprint density at radius 2 is 2.05 bits per heavy atom. The van der Waals surface area contributed by atoms with E-state index in [1.165, 1.54) is 4.31 Å². The lowest BCUT2D eigenvalue weighted by Gasteiger charge is -2.30. The van der Waals surface area contributed by atoms with E-state index in [1.54, 1.807) is 6.92 Å². The van der Waals surface area contributed by atoms with Crippen molar-refractivity contribution >= 4 is 10.0 Å². The minimum atomic E-state index is -3.50. The molecule has 0 aromatic carbocycles. The van der Waals surface area contributed by atoms with E-state index in [4.69, 9.17) is 5.73 Å². The molecule has 0 saturated carbocycles. The van der Waals surface area contributed by atoms with Crippen LogP contribution in [0.4, 0.5) is 0 Å². The second kappa shape index (κ2) is 5.60. The summed E-state index contributed by atoms with van der Waals surface area (Å²) in [4.78, 5) is 0. The number of rotatable bonds is 4. The first-order chi connectivity index (χ1) is 9.00. The van der Waals surface area contributed by atoms with Gasteiger partial charge < -0.3 is 5.73 Å². The molecule has 19 heavy (non-hydrogen) atoms. The van der Waals surface area contributed by atoms with Crippen LogP contribution in [0.5, 0.6) is 0 Å². The maximum Gasteiger partial charge on any atom is 0.262 e. The minimum Gasteiger partial charge on any atom is -0.326 e. The first-order valence-electron chi connectivity index (χ1n) is 6.74. The molecule has 2 rings (SSSR count). The second-order valence-corrected chi connectivity index (χ2v) is 6.95. The van der Waals surface area contributed by atoms with Crippen molar-refractivity contribution in [3.8, 4) is 0 Å². The molecule has 0 atom stereocenters. The molecule has 1 fully saturated rings. The van der Waals surface area contributed by atoms with E-state index in [2.05, 4.69) is 17.1 Å². The third-order valence-corrected chi connectivity index (χ3v) is 5.85. The van der Waals surface area contributed by atoms with Gasteiger partial charge in [0, 0.05) is 30.9 Å². The number of piperidine rings is 1. The van der Waals surface area contributed by atoms with E-state index < -0.39 is 10.0 Å². The molecule has 2 heterocycles. The van der Waals surface area contributed by atoms with Crippen LogP contribution in [0.3, 0.4) is 0 Å². The van der Waals surface area contributed by atoms with Gasteiger partial charge in [-0.1, -0.05) is 13.3 Å². The lowest BCUT2D eigenvalue weighted by Crippen LogP contribution is -2.38. The predicted octanol–water partition coefficient (Wildman–Crippen LogP) is 0.988. The quantitative estimate of drug-likeness (QED) is 0.863. The molecule has 0 radical (unpaired) electrons. The predicted molar refractivity (Wildman–Crippen MR) is 73.0 cm³/mol. The number of sulfonamides is 1. The first kappa shape index (κ1) is 14.5. The van der Waals surface area contributed by atoms with Gasteiger partial charge in [0.15, 0.2) is 5.03 Å². The van der Waals surface area contributed by atoms with Crippen molar-refractivity contribution in [2.75, 3.05) is 13.1 Å². The van der Waals surface area contributed by atoms with Gasteiger partial charge >= 0.3 is 0 Å². The number of hydrogen-bond acceptors (Lipinski definition) is 4. The first-order valence-corrected chi connectivity index (χ1v) is 8.18. The molecule has 3 N–H and O–H groups in total. The Balaban J connectivity index is 2.23. The molecule has 1 aromatic heterocycles. The van der Waals surface area contributed by atoms with E-state index in [-0.39, 0.29) is 11.6 Å². The number of H-pyrrole nitrogens is 1. The maximum absolute atomic E-state index is 12.6. The van der Waals surface area contributed by atoms with E-state index in [0.717, 1.165) is 25.0 Å². The summed E-state index contributed by atoms with van der Waals surface area (Å²) >= 11 is 0. The summed E-state index contributed by atoms with van der Waals surface area (Å²) in [5.41, 5.74) is 6.94. The molecule has 0 unspecified atom stereocenters. The van der Waals surface area contributed by atoms with Crippen LogP contribution < -0.4 is 5.73 Å². The number of aromatic amines is 1. The highest BCUT2D eigenvalue weighted by Gasteiger charge is 2.32. The number of aromatic nitrogens is 2. The highest BCUT2D eigenvalue weighted by molar-refractivity contribution is 7.89. The fourth-order valence-corrected chi connectivity index (χ4v) is 4.21. The zero-order valence-corrected chi connectivity index (χ0v) is 12.3. The van der Waals surface area contributed by atoms with Crippen LogP contribution >= 0.6 is 0 Å². The van der Waals surface area contributed by atoms with Gasteiger partial charge in [0.1, 0.15) is 0 Å². The van der Waals surface area contributed by atoms with Gasteiger partial charge in [-0.3, -0.25) is 5.10 Å². The number of hydrogen-bond donors (Lipinski definition) is 2. The van der Waals surface area contributed by atoms with E-state index in [9.17, 15) is 8.42 Å². The van der Waals surface area contributed by atoms with Crippen molar-refractivity contribution in [1.29, 1.82) is 0 Å². The van der Waals surface area contributed by atoms with E-state index in [0.29, 0.717) is 24.6 Å². The highest BCUT2D eigenvalue weighted by atomic mass is 32.2. The summed E-state index contributed by atoms with van der Waals surface area (Å²) in [7, 11) is -3.50.